The third-order valence-electron chi connectivity index (χ3n) is 22.8. The van der Waals surface area contributed by atoms with E-state index in [9.17, 15) is 23.7 Å². The van der Waals surface area contributed by atoms with Crippen molar-refractivity contribution in [2.45, 2.75) is 186 Å². The number of fused-ring (bicyclic) bond motifs is 18. The SMILES string of the molecule is Clc1ncc2cc3n(c2n1)C1(C=NC3n2nnc3ccccc32)CCCCC1.NS(=O)(=O)c1ccc(Nc2ncc3cc4n(c3n2)C2(C=NC4O)CCCCC2)cc1.OC1N=CC2(CCCCC2)n2c1cc1cnc(Cl)nc12.OC1NC(n2nnc3ccccc32)c2cc3cnc(Cl)nc3n2C12CCCCC2. The predicted octanol–water partition coefficient (Wildman–Crippen LogP) is 12.5. The highest BCUT2D eigenvalue weighted by Crippen LogP contribution is 2.49. The van der Waals surface area contributed by atoms with Gasteiger partial charge in [-0.15, -0.1) is 10.2 Å². The lowest BCUT2D eigenvalue weighted by molar-refractivity contribution is -0.0458. The number of para-hydroxylation sites is 2. The molecule has 8 aliphatic rings. The Morgan fingerprint density at radius 3 is 1.38 bits per heavy atom. The van der Waals surface area contributed by atoms with Crippen LogP contribution in [0.25, 0.3) is 66.2 Å². The zero-order valence-corrected chi connectivity index (χ0v) is 61.1. The fraction of sp³-hybridized carbons (Fsp3) is 0.392. The molecule has 0 radical (unpaired) electrons. The molecule has 0 amide bonds. The largest absolute Gasteiger partial charge is 0.376 e. The van der Waals surface area contributed by atoms with Crippen LogP contribution in [0, 0.1) is 0 Å². The molecule has 5 atom stereocenters. The van der Waals surface area contributed by atoms with Crippen LogP contribution in [0.2, 0.25) is 15.9 Å². The van der Waals surface area contributed by atoms with Gasteiger partial charge in [0, 0.05) is 70.7 Å². The molecule has 4 aliphatic heterocycles. The standard InChI is InChI=1S/C20H20ClN7O.C20H18ClN7.C20H22N6O3S.C14H15ClN4O/c21-19-22-11-12-10-15-17(28-14-7-3-2-6-13(14)25-26-28)23-18(29)20(8-4-1-5-9-20)27(15)16(12)24-19;21-19-22-11-13-10-16-18(28-15-7-3-2-6-14(15)25-26-28)23-12-20(8-4-1-5-9-20)27(16)17(13)24-19;21-30(28,29)15-6-4-14(5-7-15)24-19-22-11-13-10-16-18(27)23-12-20(8-2-1-3-9-20)26(16)17(13)25-19;15-13-16-7-9-6-10-12(20)17-8-14(4-2-1-3-5-14)19(10)11(9)18-13/h2-3,6-7,10-11,17-18,23,29H,1,4-5,8-9H2;2-3,6-7,10-12,18H,1,4-5,8-9H2;4-7,10-12,18,27H,1-3,8-9H2,(H2,21,28,29)(H,22,24,25);6-8,12,20H,1-5H2. The molecular weight excluding hydrogens is 1440 g/mol. The maximum absolute atomic E-state index is 11.4. The van der Waals surface area contributed by atoms with Gasteiger partial charge in [-0.1, -0.05) is 112 Å². The Hall–Kier alpha value is -9.63. The maximum Gasteiger partial charge on any atom is 0.238 e. The number of rotatable bonds is 5. The van der Waals surface area contributed by atoms with E-state index >= 15 is 0 Å². The van der Waals surface area contributed by atoms with Gasteiger partial charge in [-0.05, 0) is 159 Å². The van der Waals surface area contributed by atoms with Gasteiger partial charge in [-0.2, -0.15) is 19.9 Å². The zero-order chi connectivity index (χ0) is 73.0. The lowest BCUT2D eigenvalue weighted by atomic mass is 9.78. The molecule has 13 aromatic rings. The molecule has 0 saturated heterocycles. The predicted molar refractivity (Wildman–Crippen MR) is 406 cm³/mol. The van der Waals surface area contributed by atoms with Crippen molar-refractivity contribution in [3.8, 4) is 0 Å². The monoisotopic (exact) mass is 1520 g/mol. The van der Waals surface area contributed by atoms with Crippen molar-refractivity contribution in [2.75, 3.05) is 5.32 Å². The average Bonchev–Trinajstić information content (AvgIpc) is 1.61. The highest BCUT2D eigenvalue weighted by molar-refractivity contribution is 7.89. The van der Waals surface area contributed by atoms with Crippen LogP contribution in [0.5, 0.6) is 0 Å². The summed E-state index contributed by atoms with van der Waals surface area (Å²) in [6, 6.07) is 29.9. The first-order valence-corrected chi connectivity index (χ1v) is 39.1. The van der Waals surface area contributed by atoms with Crippen molar-refractivity contribution in [2.24, 2.45) is 20.1 Å². The summed E-state index contributed by atoms with van der Waals surface area (Å²) >= 11 is 18.3. The fourth-order valence-corrected chi connectivity index (χ4v) is 18.7. The number of primary sulfonamides is 1. The number of nitrogens with zero attached hydrogens (tertiary/aromatic N) is 21. The van der Waals surface area contributed by atoms with Gasteiger partial charge in [0.05, 0.1) is 60.9 Å². The lowest BCUT2D eigenvalue weighted by Crippen LogP contribution is -2.60. The Morgan fingerprint density at radius 2 is 0.879 bits per heavy atom. The van der Waals surface area contributed by atoms with E-state index in [1.165, 1.54) is 63.5 Å². The number of benzene rings is 3. The number of nitrogens with two attached hydrogens (primary N) is 1. The van der Waals surface area contributed by atoms with Crippen LogP contribution in [0.15, 0.2) is 142 Å². The van der Waals surface area contributed by atoms with Crippen molar-refractivity contribution in [1.29, 1.82) is 0 Å². The van der Waals surface area contributed by atoms with Crippen LogP contribution < -0.4 is 15.8 Å². The van der Waals surface area contributed by atoms with E-state index in [2.05, 4.69) is 113 Å². The second kappa shape index (κ2) is 27.2. The van der Waals surface area contributed by atoms with Gasteiger partial charge >= 0.3 is 0 Å². The van der Waals surface area contributed by atoms with Gasteiger partial charge in [-0.25, -0.2) is 42.9 Å². The van der Waals surface area contributed by atoms with E-state index in [0.717, 1.165) is 166 Å². The molecule has 4 spiro atoms. The molecule has 107 heavy (non-hydrogen) atoms. The van der Waals surface area contributed by atoms with E-state index in [1.54, 1.807) is 36.9 Å². The van der Waals surface area contributed by atoms with Crippen molar-refractivity contribution in [3.63, 3.8) is 0 Å². The number of hydrogen-bond donors (Lipinski definition) is 6. The highest BCUT2D eigenvalue weighted by atomic mass is 35.5. The smallest absolute Gasteiger partial charge is 0.238 e. The number of aliphatic hydroxyl groups excluding tert-OH is 3. The van der Waals surface area contributed by atoms with Gasteiger partial charge < -0.3 is 38.9 Å². The van der Waals surface area contributed by atoms with Crippen LogP contribution in [-0.4, -0.2) is 137 Å². The van der Waals surface area contributed by atoms with Crippen molar-refractivity contribution in [1.82, 2.24) is 93.4 Å². The minimum absolute atomic E-state index is 0.0394. The van der Waals surface area contributed by atoms with Gasteiger partial charge in [0.2, 0.25) is 31.8 Å². The summed E-state index contributed by atoms with van der Waals surface area (Å²) in [5.41, 5.74) is 9.89. The summed E-state index contributed by atoms with van der Waals surface area (Å²) < 4.78 is 35.4. The topological polar surface area (TPSA) is 366 Å². The van der Waals surface area contributed by atoms with Crippen LogP contribution in [-0.2, 0) is 32.2 Å². The van der Waals surface area contributed by atoms with Crippen molar-refractivity contribution >= 4 is 141 Å². The summed E-state index contributed by atoms with van der Waals surface area (Å²) in [7, 11) is -3.74. The first kappa shape index (κ1) is 69.1. The number of nitrogens with one attached hydrogen (secondary N) is 2. The molecule has 4 fully saturated rings. The molecule has 33 heteroatoms. The summed E-state index contributed by atoms with van der Waals surface area (Å²) in [6.07, 6.45) is 31.5. The first-order chi connectivity index (χ1) is 52.0. The molecule has 4 saturated carbocycles. The Bertz CT molecular complexity index is 5800. The minimum Gasteiger partial charge on any atom is -0.376 e. The highest BCUT2D eigenvalue weighted by Gasteiger charge is 2.50. The number of halogens is 3. The zero-order valence-electron chi connectivity index (χ0n) is 58.0. The molecule has 548 valence electrons. The van der Waals surface area contributed by atoms with E-state index in [4.69, 9.17) is 49.9 Å². The van der Waals surface area contributed by atoms with Gasteiger partial charge in [-0.3, -0.25) is 20.3 Å². The number of anilines is 2. The Kier molecular flexibility index (Phi) is 17.6. The number of sulfonamides is 1. The molecular formula is C74H75Cl3N24O5S. The molecule has 3 aromatic carbocycles. The quantitative estimate of drug-likeness (QED) is 0.0872. The molecule has 14 heterocycles. The number of aromatic nitrogens is 18. The number of aliphatic hydroxyl groups is 3. The normalized spacial score (nSPS) is 22.1. The van der Waals surface area contributed by atoms with Crippen LogP contribution in [0.1, 0.15) is 176 Å². The van der Waals surface area contributed by atoms with Gasteiger partial charge in [0.1, 0.15) is 46.0 Å². The summed E-state index contributed by atoms with van der Waals surface area (Å²) in [4.78, 5) is 48.7. The van der Waals surface area contributed by atoms with Crippen molar-refractivity contribution in [3.05, 3.63) is 160 Å². The molecule has 4 aliphatic carbocycles. The van der Waals surface area contributed by atoms with Crippen LogP contribution in [0.4, 0.5) is 11.6 Å². The number of hydrogen-bond acceptors (Lipinski definition) is 22. The lowest BCUT2D eigenvalue weighted by Gasteiger charge is -2.48. The summed E-state index contributed by atoms with van der Waals surface area (Å²) in [5, 5.41) is 65.4. The van der Waals surface area contributed by atoms with Crippen molar-refractivity contribution < 1.29 is 23.7 Å². The third-order valence-corrected chi connectivity index (χ3v) is 24.3. The van der Waals surface area contributed by atoms with E-state index in [-0.39, 0.29) is 49.7 Å². The average molecular weight is 1520 g/mol. The first-order valence-electron chi connectivity index (χ1n) is 36.4. The fourth-order valence-electron chi connectivity index (χ4n) is 17.8. The molecule has 29 nitrogen and oxygen atoms in total. The second-order valence-electron chi connectivity index (χ2n) is 29.2. The summed E-state index contributed by atoms with van der Waals surface area (Å²) in [5.74, 6) is 0.384. The van der Waals surface area contributed by atoms with E-state index in [0.29, 0.717) is 11.6 Å². The Morgan fingerprint density at radius 1 is 0.467 bits per heavy atom. The second-order valence-corrected chi connectivity index (χ2v) is 31.7. The number of aliphatic imine (C=N–C) groups is 3. The van der Waals surface area contributed by atoms with E-state index in [1.807, 2.05) is 82.5 Å². The Balaban J connectivity index is 0.000000102. The third kappa shape index (κ3) is 12.1. The molecule has 5 unspecified atom stereocenters. The molecule has 7 N–H and O–H groups in total. The molecule has 21 rings (SSSR count). The van der Waals surface area contributed by atoms with Crippen LogP contribution >= 0.6 is 34.8 Å². The maximum atomic E-state index is 11.4. The van der Waals surface area contributed by atoms with Crippen LogP contribution in [0.3, 0.4) is 0 Å². The molecule has 0 bridgehead atoms. The minimum atomic E-state index is -3.74. The summed E-state index contributed by atoms with van der Waals surface area (Å²) in [6.45, 7) is 0. The Labute approximate surface area is 627 Å². The van der Waals surface area contributed by atoms with Gasteiger partial charge in [0.25, 0.3) is 0 Å². The van der Waals surface area contributed by atoms with Gasteiger partial charge in [0.15, 0.2) is 18.6 Å². The van der Waals surface area contributed by atoms with E-state index < -0.39 is 34.2 Å². The molecule has 10 aromatic heterocycles.